The smallest absolute Gasteiger partial charge is 0.0393 e. The van der Waals surface area contributed by atoms with Crippen LogP contribution in [0.1, 0.15) is 22.6 Å². The third kappa shape index (κ3) is 2.54. The van der Waals surface area contributed by atoms with Crippen molar-refractivity contribution in [3.63, 3.8) is 0 Å². The Morgan fingerprint density at radius 3 is 2.39 bits per heavy atom. The fourth-order valence-electron chi connectivity index (χ4n) is 5.33. The zero-order valence-electron chi connectivity index (χ0n) is 17.0. The van der Waals surface area contributed by atoms with Crippen LogP contribution in [-0.4, -0.2) is 0 Å². The van der Waals surface area contributed by atoms with Crippen LogP contribution in [0.4, 0.5) is 0 Å². The minimum absolute atomic E-state index is 0.404. The van der Waals surface area contributed by atoms with Gasteiger partial charge in [-0.2, -0.15) is 0 Å². The van der Waals surface area contributed by atoms with Crippen LogP contribution >= 0.6 is 11.3 Å². The van der Waals surface area contributed by atoms with Gasteiger partial charge in [-0.3, -0.25) is 0 Å². The summed E-state index contributed by atoms with van der Waals surface area (Å²) in [7, 11) is 0. The van der Waals surface area contributed by atoms with E-state index in [0.717, 1.165) is 6.42 Å². The lowest BCUT2D eigenvalue weighted by Crippen LogP contribution is -2.06. The van der Waals surface area contributed by atoms with E-state index in [1.54, 1.807) is 0 Å². The molecular formula is C30H20S. The lowest BCUT2D eigenvalue weighted by Gasteiger charge is -2.22. The van der Waals surface area contributed by atoms with Crippen LogP contribution in [0.2, 0.25) is 0 Å². The Kier molecular flexibility index (Phi) is 3.64. The summed E-state index contributed by atoms with van der Waals surface area (Å²) in [6, 6.07) is 33.6. The van der Waals surface area contributed by atoms with Gasteiger partial charge in [-0.05, 0) is 50.7 Å². The van der Waals surface area contributed by atoms with E-state index in [1.807, 2.05) is 11.3 Å². The van der Waals surface area contributed by atoms with Crippen LogP contribution in [0, 0.1) is 0 Å². The summed E-state index contributed by atoms with van der Waals surface area (Å²) in [6.07, 6.45) is 5.80. The van der Waals surface area contributed by atoms with Gasteiger partial charge >= 0.3 is 0 Å². The zero-order chi connectivity index (χ0) is 20.4. The van der Waals surface area contributed by atoms with E-state index in [2.05, 4.69) is 103 Å². The highest BCUT2D eigenvalue weighted by Gasteiger charge is 2.21. The quantitative estimate of drug-likeness (QED) is 0.237. The lowest BCUT2D eigenvalue weighted by molar-refractivity contribution is 0.842. The second-order valence-corrected chi connectivity index (χ2v) is 9.56. The van der Waals surface area contributed by atoms with Crippen molar-refractivity contribution in [2.24, 2.45) is 0 Å². The molecule has 31 heavy (non-hydrogen) atoms. The average Bonchev–Trinajstić information content (AvgIpc) is 3.22. The van der Waals surface area contributed by atoms with Crippen molar-refractivity contribution in [3.8, 4) is 0 Å². The Labute approximate surface area is 185 Å². The van der Waals surface area contributed by atoms with Crippen molar-refractivity contribution >= 4 is 59.1 Å². The van der Waals surface area contributed by atoms with Gasteiger partial charge in [-0.25, -0.2) is 0 Å². The molecule has 1 atom stereocenters. The highest BCUT2D eigenvalue weighted by atomic mass is 32.1. The van der Waals surface area contributed by atoms with Gasteiger partial charge in [0.2, 0.25) is 0 Å². The monoisotopic (exact) mass is 412 g/mol. The topological polar surface area (TPSA) is 0 Å². The first kappa shape index (κ1) is 17.3. The van der Waals surface area contributed by atoms with Crippen molar-refractivity contribution in [2.45, 2.75) is 12.3 Å². The van der Waals surface area contributed by atoms with Crippen LogP contribution < -0.4 is 0 Å². The standard InChI is InChI=1S/C30H20S/c1-2-7-22-19(6-1)14-17-25-24(22)16-15-20-12-13-21(18-28(20)25)23-9-5-10-27-26-8-3-4-11-29(26)31-30(23)27/h1-17,21H,18H2. The van der Waals surface area contributed by atoms with Crippen molar-refractivity contribution in [1.82, 2.24) is 0 Å². The molecule has 0 spiro atoms. The van der Waals surface area contributed by atoms with Gasteiger partial charge in [0.05, 0.1) is 0 Å². The van der Waals surface area contributed by atoms with Crippen molar-refractivity contribution in [2.75, 3.05) is 0 Å². The molecule has 5 aromatic carbocycles. The van der Waals surface area contributed by atoms with E-state index in [-0.39, 0.29) is 0 Å². The first-order valence-electron chi connectivity index (χ1n) is 10.9. The van der Waals surface area contributed by atoms with Crippen LogP contribution in [-0.2, 0) is 6.42 Å². The molecule has 0 fully saturated rings. The molecule has 0 saturated heterocycles. The van der Waals surface area contributed by atoms with Gasteiger partial charge in [0.1, 0.15) is 0 Å². The van der Waals surface area contributed by atoms with Crippen LogP contribution in [0.25, 0.3) is 47.8 Å². The number of hydrogen-bond acceptors (Lipinski definition) is 1. The number of fused-ring (bicyclic) bond motifs is 8. The highest BCUT2D eigenvalue weighted by Crippen LogP contribution is 2.42. The molecule has 0 nitrogen and oxygen atoms in total. The number of benzene rings is 5. The summed E-state index contributed by atoms with van der Waals surface area (Å²) in [5.41, 5.74) is 4.30. The fraction of sp³-hybridized carbons (Fsp3) is 0.0667. The predicted octanol–water partition coefficient (Wildman–Crippen LogP) is 8.71. The highest BCUT2D eigenvalue weighted by molar-refractivity contribution is 7.26. The fourth-order valence-corrected chi connectivity index (χ4v) is 6.61. The second kappa shape index (κ2) is 6.54. The molecule has 0 N–H and O–H groups in total. The minimum Gasteiger partial charge on any atom is -0.135 e. The first-order chi connectivity index (χ1) is 15.4. The number of allylic oxidation sites excluding steroid dienone is 1. The molecule has 1 aromatic heterocycles. The molecule has 0 aliphatic heterocycles. The Morgan fingerprint density at radius 2 is 1.42 bits per heavy atom. The Morgan fingerprint density at radius 1 is 0.613 bits per heavy atom. The van der Waals surface area contributed by atoms with Crippen LogP contribution in [0.5, 0.6) is 0 Å². The normalized spacial score (nSPS) is 15.8. The summed E-state index contributed by atoms with van der Waals surface area (Å²) in [6.45, 7) is 0. The third-order valence-corrected chi connectivity index (χ3v) is 8.08. The van der Waals surface area contributed by atoms with Gasteiger partial charge in [0, 0.05) is 26.1 Å². The summed E-state index contributed by atoms with van der Waals surface area (Å²) >= 11 is 1.93. The molecule has 0 bridgehead atoms. The van der Waals surface area contributed by atoms with Gasteiger partial charge in [-0.15, -0.1) is 11.3 Å². The van der Waals surface area contributed by atoms with E-state index >= 15 is 0 Å². The zero-order valence-corrected chi connectivity index (χ0v) is 17.8. The maximum absolute atomic E-state index is 2.41. The minimum atomic E-state index is 0.404. The second-order valence-electron chi connectivity index (χ2n) is 8.51. The summed E-state index contributed by atoms with van der Waals surface area (Å²) < 4.78 is 2.81. The third-order valence-electron chi connectivity index (χ3n) is 6.84. The van der Waals surface area contributed by atoms with Gasteiger partial charge < -0.3 is 0 Å². The molecule has 146 valence electrons. The van der Waals surface area contributed by atoms with E-state index in [9.17, 15) is 0 Å². The molecule has 1 aliphatic carbocycles. The Balaban J connectivity index is 1.42. The SMILES string of the molecule is C1=CC(c2cccc3c2sc2ccccc23)Cc2c1ccc1c2ccc2ccccc21. The number of thiophene rings is 1. The summed E-state index contributed by atoms with van der Waals surface area (Å²) in [5.74, 6) is 0.404. The molecule has 0 radical (unpaired) electrons. The van der Waals surface area contributed by atoms with Gasteiger partial charge in [0.25, 0.3) is 0 Å². The van der Waals surface area contributed by atoms with Gasteiger partial charge in [-0.1, -0.05) is 97.1 Å². The molecule has 1 heteroatoms. The first-order valence-corrected chi connectivity index (χ1v) is 11.7. The maximum Gasteiger partial charge on any atom is 0.0393 e. The molecular weight excluding hydrogens is 392 g/mol. The molecule has 6 aromatic rings. The molecule has 1 heterocycles. The van der Waals surface area contributed by atoms with E-state index < -0.39 is 0 Å². The predicted molar refractivity (Wildman–Crippen MR) is 136 cm³/mol. The molecule has 7 rings (SSSR count). The van der Waals surface area contributed by atoms with Gasteiger partial charge in [0.15, 0.2) is 0 Å². The van der Waals surface area contributed by atoms with Crippen molar-refractivity contribution in [3.05, 3.63) is 114 Å². The van der Waals surface area contributed by atoms with Crippen LogP contribution in [0.15, 0.2) is 97.1 Å². The lowest BCUT2D eigenvalue weighted by atomic mass is 9.82. The number of rotatable bonds is 1. The van der Waals surface area contributed by atoms with Crippen LogP contribution in [0.3, 0.4) is 0 Å². The van der Waals surface area contributed by atoms with Crippen molar-refractivity contribution in [1.29, 1.82) is 0 Å². The van der Waals surface area contributed by atoms with Crippen molar-refractivity contribution < 1.29 is 0 Å². The maximum atomic E-state index is 2.41. The summed E-state index contributed by atoms with van der Waals surface area (Å²) in [5, 5.41) is 8.19. The molecule has 1 unspecified atom stereocenters. The van der Waals surface area contributed by atoms with E-state index in [0.29, 0.717) is 5.92 Å². The summed E-state index contributed by atoms with van der Waals surface area (Å²) in [4.78, 5) is 0. The average molecular weight is 413 g/mol. The molecule has 0 saturated carbocycles. The molecule has 1 aliphatic rings. The largest absolute Gasteiger partial charge is 0.135 e. The Bertz CT molecular complexity index is 1660. The number of hydrogen-bond donors (Lipinski definition) is 0. The molecule has 0 amide bonds. The van der Waals surface area contributed by atoms with E-state index in [4.69, 9.17) is 0 Å². The van der Waals surface area contributed by atoms with E-state index in [1.165, 1.54) is 58.4 Å². The Hall–Kier alpha value is -3.42.